The maximum absolute atomic E-state index is 12.9. The van der Waals surface area contributed by atoms with Gasteiger partial charge in [-0.25, -0.2) is 9.37 Å². The molecule has 4 nitrogen and oxygen atoms in total. The second kappa shape index (κ2) is 6.53. The van der Waals surface area contributed by atoms with Crippen LogP contribution in [0.4, 0.5) is 9.52 Å². The lowest BCUT2D eigenvalue weighted by atomic mass is 10.2. The van der Waals surface area contributed by atoms with Gasteiger partial charge < -0.3 is 0 Å². The molecule has 0 aliphatic heterocycles. The summed E-state index contributed by atoms with van der Waals surface area (Å²) >= 11 is 1.40. The zero-order valence-electron chi connectivity index (χ0n) is 11.8. The molecule has 2 heterocycles. The van der Waals surface area contributed by atoms with Gasteiger partial charge in [-0.2, -0.15) is 5.11 Å². The smallest absolute Gasteiger partial charge is 0.230 e. The molecule has 22 heavy (non-hydrogen) atoms. The van der Waals surface area contributed by atoms with Crippen molar-refractivity contribution in [3.63, 3.8) is 0 Å². The van der Waals surface area contributed by atoms with E-state index in [1.807, 2.05) is 30.5 Å². The molecule has 1 aromatic carbocycles. The van der Waals surface area contributed by atoms with Crippen LogP contribution in [0.5, 0.6) is 0 Å². The molecule has 0 radical (unpaired) electrons. The van der Waals surface area contributed by atoms with Crippen LogP contribution in [-0.4, -0.2) is 9.97 Å². The third-order valence-electron chi connectivity index (χ3n) is 3.06. The minimum atomic E-state index is -0.261. The number of thiazole rings is 1. The molecular weight excluding hydrogens is 299 g/mol. The highest BCUT2D eigenvalue weighted by Gasteiger charge is 2.06. The molecule has 0 N–H and O–H groups in total. The molecule has 0 saturated heterocycles. The lowest BCUT2D eigenvalue weighted by Crippen LogP contribution is -1.91. The summed E-state index contributed by atoms with van der Waals surface area (Å²) in [7, 11) is 0. The largest absolute Gasteiger partial charge is 0.259 e. The van der Waals surface area contributed by atoms with Gasteiger partial charge >= 0.3 is 0 Å². The summed E-state index contributed by atoms with van der Waals surface area (Å²) in [4.78, 5) is 8.64. The van der Waals surface area contributed by atoms with Gasteiger partial charge in [0, 0.05) is 17.1 Å². The van der Waals surface area contributed by atoms with E-state index in [0.29, 0.717) is 5.13 Å². The van der Waals surface area contributed by atoms with Gasteiger partial charge in [0.2, 0.25) is 5.13 Å². The van der Waals surface area contributed by atoms with Gasteiger partial charge in [0.25, 0.3) is 0 Å². The van der Waals surface area contributed by atoms with Crippen LogP contribution >= 0.6 is 11.3 Å². The molecular formula is C16H13FN4S. The second-order valence-electron chi connectivity index (χ2n) is 4.67. The van der Waals surface area contributed by atoms with Crippen LogP contribution in [0, 0.1) is 5.82 Å². The van der Waals surface area contributed by atoms with Gasteiger partial charge in [0.1, 0.15) is 11.9 Å². The Labute approximate surface area is 131 Å². The Morgan fingerprint density at radius 2 is 1.95 bits per heavy atom. The van der Waals surface area contributed by atoms with Crippen molar-refractivity contribution in [2.45, 2.75) is 13.0 Å². The third-order valence-corrected chi connectivity index (χ3v) is 3.79. The quantitative estimate of drug-likeness (QED) is 0.622. The first-order valence-electron chi connectivity index (χ1n) is 6.75. The Kier molecular flexibility index (Phi) is 4.29. The Balaban J connectivity index is 1.74. The average Bonchev–Trinajstić information content (AvgIpc) is 3.03. The number of pyridine rings is 1. The summed E-state index contributed by atoms with van der Waals surface area (Å²) in [6, 6.07) is 11.8. The molecule has 0 aliphatic carbocycles. The predicted octanol–water partition coefficient (Wildman–Crippen LogP) is 5.19. The van der Waals surface area contributed by atoms with Gasteiger partial charge in [-0.15, -0.1) is 16.5 Å². The summed E-state index contributed by atoms with van der Waals surface area (Å²) < 4.78 is 12.9. The van der Waals surface area contributed by atoms with E-state index in [-0.39, 0.29) is 11.9 Å². The topological polar surface area (TPSA) is 50.5 Å². The van der Waals surface area contributed by atoms with E-state index in [0.717, 1.165) is 17.0 Å². The molecule has 6 heteroatoms. The number of hydrogen-bond acceptors (Lipinski definition) is 5. The molecule has 0 fully saturated rings. The van der Waals surface area contributed by atoms with E-state index in [4.69, 9.17) is 0 Å². The number of benzene rings is 1. The Hall–Kier alpha value is -2.47. The number of nitrogens with zero attached hydrogens (tertiary/aromatic N) is 4. The van der Waals surface area contributed by atoms with E-state index in [1.165, 1.54) is 23.5 Å². The molecule has 3 rings (SSSR count). The van der Waals surface area contributed by atoms with Gasteiger partial charge in [0.15, 0.2) is 0 Å². The van der Waals surface area contributed by atoms with Crippen molar-refractivity contribution in [2.24, 2.45) is 10.2 Å². The molecule has 0 aliphatic rings. The van der Waals surface area contributed by atoms with Crippen molar-refractivity contribution >= 4 is 16.5 Å². The van der Waals surface area contributed by atoms with Crippen LogP contribution in [0.3, 0.4) is 0 Å². The second-order valence-corrected chi connectivity index (χ2v) is 5.50. The zero-order chi connectivity index (χ0) is 15.4. The minimum Gasteiger partial charge on any atom is -0.259 e. The maximum atomic E-state index is 12.9. The maximum Gasteiger partial charge on any atom is 0.230 e. The van der Waals surface area contributed by atoms with Gasteiger partial charge in [-0.05, 0) is 43.3 Å². The van der Waals surface area contributed by atoms with E-state index in [2.05, 4.69) is 20.2 Å². The van der Waals surface area contributed by atoms with Crippen molar-refractivity contribution in [3.05, 3.63) is 65.6 Å². The lowest BCUT2D eigenvalue weighted by Gasteiger charge is -2.01. The van der Waals surface area contributed by atoms with Crippen LogP contribution in [0.15, 0.2) is 64.3 Å². The van der Waals surface area contributed by atoms with E-state index < -0.39 is 0 Å². The Morgan fingerprint density at radius 1 is 1.14 bits per heavy atom. The molecule has 1 atom stereocenters. The fourth-order valence-corrected chi connectivity index (χ4v) is 2.53. The van der Waals surface area contributed by atoms with Crippen LogP contribution in [0.2, 0.25) is 0 Å². The zero-order valence-corrected chi connectivity index (χ0v) is 12.7. The summed E-state index contributed by atoms with van der Waals surface area (Å²) in [6.45, 7) is 1.93. The van der Waals surface area contributed by atoms with Crippen LogP contribution in [0.1, 0.15) is 18.7 Å². The van der Waals surface area contributed by atoms with Crippen molar-refractivity contribution in [1.29, 1.82) is 0 Å². The summed E-state index contributed by atoms with van der Waals surface area (Å²) in [5.41, 5.74) is 2.49. The molecule has 0 bridgehead atoms. The number of hydrogen-bond donors (Lipinski definition) is 0. The van der Waals surface area contributed by atoms with Gasteiger partial charge in [0.05, 0.1) is 11.4 Å². The first kappa shape index (κ1) is 14.5. The first-order chi connectivity index (χ1) is 10.7. The Morgan fingerprint density at radius 3 is 2.68 bits per heavy atom. The SMILES string of the molecule is CC(N=Nc1nc(-c2ccc(F)cc2)cs1)c1ccccn1. The third kappa shape index (κ3) is 3.40. The molecule has 0 saturated carbocycles. The van der Waals surface area contributed by atoms with Crippen molar-refractivity contribution in [1.82, 2.24) is 9.97 Å². The summed E-state index contributed by atoms with van der Waals surface area (Å²) in [5, 5.41) is 10.9. The van der Waals surface area contributed by atoms with Gasteiger partial charge in [-0.1, -0.05) is 6.07 Å². The molecule has 3 aromatic rings. The van der Waals surface area contributed by atoms with E-state index in [9.17, 15) is 4.39 Å². The van der Waals surface area contributed by atoms with Crippen LogP contribution < -0.4 is 0 Å². The van der Waals surface area contributed by atoms with Crippen LogP contribution in [-0.2, 0) is 0 Å². The number of halogens is 1. The molecule has 0 spiro atoms. The number of aromatic nitrogens is 2. The highest BCUT2D eigenvalue weighted by atomic mass is 32.1. The lowest BCUT2D eigenvalue weighted by molar-refractivity contribution is 0.628. The molecule has 1 unspecified atom stereocenters. The Bertz CT molecular complexity index is 768. The minimum absolute atomic E-state index is 0.126. The highest BCUT2D eigenvalue weighted by molar-refractivity contribution is 7.13. The molecule has 0 amide bonds. The predicted molar refractivity (Wildman–Crippen MR) is 84.7 cm³/mol. The molecule has 110 valence electrons. The van der Waals surface area contributed by atoms with Crippen molar-refractivity contribution < 1.29 is 4.39 Å². The average molecular weight is 312 g/mol. The van der Waals surface area contributed by atoms with E-state index in [1.54, 1.807) is 18.3 Å². The highest BCUT2D eigenvalue weighted by Crippen LogP contribution is 2.28. The number of azo groups is 1. The van der Waals surface area contributed by atoms with Crippen LogP contribution in [0.25, 0.3) is 11.3 Å². The van der Waals surface area contributed by atoms with Crippen molar-refractivity contribution in [3.8, 4) is 11.3 Å². The standard InChI is InChI=1S/C16H13FN4S/c1-11(14-4-2-3-9-18-14)20-21-16-19-15(10-22-16)12-5-7-13(17)8-6-12/h2-11H,1H3. The normalized spacial score (nSPS) is 12.6. The van der Waals surface area contributed by atoms with E-state index >= 15 is 0 Å². The van der Waals surface area contributed by atoms with Gasteiger partial charge in [-0.3, -0.25) is 4.98 Å². The monoisotopic (exact) mass is 312 g/mol. The summed E-state index contributed by atoms with van der Waals surface area (Å²) in [6.07, 6.45) is 1.73. The fourth-order valence-electron chi connectivity index (χ4n) is 1.88. The summed E-state index contributed by atoms with van der Waals surface area (Å²) in [5.74, 6) is -0.261. The van der Waals surface area contributed by atoms with Crippen molar-refractivity contribution in [2.75, 3.05) is 0 Å². The molecule has 2 aromatic heterocycles. The number of rotatable bonds is 4. The first-order valence-corrected chi connectivity index (χ1v) is 7.63. The fraction of sp³-hybridized carbons (Fsp3) is 0.125.